The van der Waals surface area contributed by atoms with Gasteiger partial charge in [0.05, 0.1) is 27.4 Å². The van der Waals surface area contributed by atoms with Gasteiger partial charge in [-0.15, -0.1) is 0 Å². The van der Waals surface area contributed by atoms with Gasteiger partial charge in [-0.3, -0.25) is 0 Å². The highest BCUT2D eigenvalue weighted by atomic mass is 16.5. The average molecular weight is 599 g/mol. The van der Waals surface area contributed by atoms with Crippen molar-refractivity contribution in [3.63, 3.8) is 0 Å². The van der Waals surface area contributed by atoms with Gasteiger partial charge in [-0.05, 0) is 60.4 Å². The molecule has 0 saturated heterocycles. The van der Waals surface area contributed by atoms with E-state index in [-0.39, 0.29) is 0 Å². The second-order valence-electron chi connectivity index (χ2n) is 11.4. The predicted octanol–water partition coefficient (Wildman–Crippen LogP) is 11.5. The lowest BCUT2D eigenvalue weighted by molar-refractivity contribution is 0.295. The van der Waals surface area contributed by atoms with Gasteiger partial charge in [0, 0.05) is 11.1 Å². The molecule has 4 heteroatoms. The SMILES string of the molecule is CCCCCCCCOc1cc(/C=C/c2ccc(OC)cc2)c(OCCCCCCCC)cc1/C=C/c1ccc(OC)cc1. The van der Waals surface area contributed by atoms with Crippen LogP contribution < -0.4 is 18.9 Å². The quantitative estimate of drug-likeness (QED) is 0.0851. The normalized spacial score (nSPS) is 11.4. The maximum absolute atomic E-state index is 6.45. The van der Waals surface area contributed by atoms with Gasteiger partial charge in [0.25, 0.3) is 0 Å². The van der Waals surface area contributed by atoms with Crippen LogP contribution in [0.3, 0.4) is 0 Å². The molecule has 4 nitrogen and oxygen atoms in total. The molecule has 238 valence electrons. The van der Waals surface area contributed by atoms with Crippen LogP contribution in [0.5, 0.6) is 23.0 Å². The molecule has 0 N–H and O–H groups in total. The fourth-order valence-corrected chi connectivity index (χ4v) is 5.03. The van der Waals surface area contributed by atoms with Crippen molar-refractivity contribution in [2.45, 2.75) is 90.9 Å². The molecule has 0 heterocycles. The Labute approximate surface area is 267 Å². The van der Waals surface area contributed by atoms with E-state index in [1.165, 1.54) is 64.2 Å². The van der Waals surface area contributed by atoms with Crippen LogP contribution in [0.4, 0.5) is 0 Å². The molecule has 0 spiro atoms. The lowest BCUT2D eigenvalue weighted by Crippen LogP contribution is -2.03. The van der Waals surface area contributed by atoms with Crippen molar-refractivity contribution in [2.24, 2.45) is 0 Å². The van der Waals surface area contributed by atoms with Gasteiger partial charge >= 0.3 is 0 Å². The highest BCUT2D eigenvalue weighted by molar-refractivity contribution is 5.79. The molecule has 0 bridgehead atoms. The maximum Gasteiger partial charge on any atom is 0.127 e. The first-order chi connectivity index (χ1) is 21.7. The first-order valence-corrected chi connectivity index (χ1v) is 16.7. The van der Waals surface area contributed by atoms with Crippen molar-refractivity contribution in [3.05, 3.63) is 82.9 Å². The minimum absolute atomic E-state index is 0.703. The zero-order valence-corrected chi connectivity index (χ0v) is 27.6. The third kappa shape index (κ3) is 12.9. The van der Waals surface area contributed by atoms with E-state index in [2.05, 4.69) is 74.5 Å². The first-order valence-electron chi connectivity index (χ1n) is 16.7. The molecule has 44 heavy (non-hydrogen) atoms. The molecule has 0 fully saturated rings. The molecule has 3 rings (SSSR count). The number of hydrogen-bond acceptors (Lipinski definition) is 4. The molecule has 0 unspecified atom stereocenters. The fourth-order valence-electron chi connectivity index (χ4n) is 5.03. The lowest BCUT2D eigenvalue weighted by atomic mass is 10.0. The highest BCUT2D eigenvalue weighted by Gasteiger charge is 2.11. The van der Waals surface area contributed by atoms with E-state index < -0.39 is 0 Å². The topological polar surface area (TPSA) is 36.9 Å². The van der Waals surface area contributed by atoms with E-state index in [1.54, 1.807) is 14.2 Å². The Morgan fingerprint density at radius 1 is 0.455 bits per heavy atom. The molecule has 0 aliphatic carbocycles. The summed E-state index contributed by atoms with van der Waals surface area (Å²) in [5.74, 6) is 3.46. The van der Waals surface area contributed by atoms with Gasteiger partial charge in [0.1, 0.15) is 23.0 Å². The van der Waals surface area contributed by atoms with E-state index >= 15 is 0 Å². The number of benzene rings is 3. The van der Waals surface area contributed by atoms with Gasteiger partial charge in [-0.2, -0.15) is 0 Å². The Bertz CT molecular complexity index is 1140. The van der Waals surface area contributed by atoms with Crippen LogP contribution in [-0.2, 0) is 0 Å². The van der Waals surface area contributed by atoms with Crippen molar-refractivity contribution in [1.82, 2.24) is 0 Å². The number of rotatable bonds is 22. The summed E-state index contributed by atoms with van der Waals surface area (Å²) in [5.41, 5.74) is 4.24. The van der Waals surface area contributed by atoms with E-state index in [4.69, 9.17) is 18.9 Å². The second kappa shape index (κ2) is 21.1. The van der Waals surface area contributed by atoms with Crippen LogP contribution in [-0.4, -0.2) is 27.4 Å². The molecule has 0 saturated carbocycles. The molecular formula is C40H54O4. The molecule has 0 aliphatic rings. The van der Waals surface area contributed by atoms with Gasteiger partial charge in [0.2, 0.25) is 0 Å². The van der Waals surface area contributed by atoms with Crippen molar-refractivity contribution < 1.29 is 18.9 Å². The number of ether oxygens (including phenoxy) is 4. The minimum Gasteiger partial charge on any atom is -0.497 e. The second-order valence-corrected chi connectivity index (χ2v) is 11.4. The lowest BCUT2D eigenvalue weighted by Gasteiger charge is -2.16. The van der Waals surface area contributed by atoms with Crippen LogP contribution in [0.15, 0.2) is 60.7 Å². The van der Waals surface area contributed by atoms with E-state index in [0.717, 1.165) is 58.1 Å². The zero-order valence-electron chi connectivity index (χ0n) is 27.6. The maximum atomic E-state index is 6.45. The van der Waals surface area contributed by atoms with Crippen LogP contribution in [0.1, 0.15) is 113 Å². The third-order valence-corrected chi connectivity index (χ3v) is 7.80. The number of hydrogen-bond donors (Lipinski definition) is 0. The highest BCUT2D eigenvalue weighted by Crippen LogP contribution is 2.33. The Morgan fingerprint density at radius 2 is 0.818 bits per heavy atom. The fraction of sp³-hybridized carbons (Fsp3) is 0.450. The molecule has 0 amide bonds. The standard InChI is InChI=1S/C40H54O4/c1-5-7-9-11-13-15-29-43-39-31-36(24-18-34-21-27-38(42-4)28-22-34)40(44-30-16-14-12-10-8-6-2)32-35(39)23-17-33-19-25-37(41-3)26-20-33/h17-28,31-32H,5-16,29-30H2,1-4H3/b23-17+,24-18+. The summed E-state index contributed by atoms with van der Waals surface area (Å²) in [5, 5.41) is 0. The molecule has 3 aromatic rings. The largest absolute Gasteiger partial charge is 0.497 e. The number of methoxy groups -OCH3 is 2. The minimum atomic E-state index is 0.703. The smallest absolute Gasteiger partial charge is 0.127 e. The van der Waals surface area contributed by atoms with Crippen LogP contribution in [0.25, 0.3) is 24.3 Å². The summed E-state index contributed by atoms with van der Waals surface area (Å²) in [4.78, 5) is 0. The zero-order chi connectivity index (χ0) is 31.2. The summed E-state index contributed by atoms with van der Waals surface area (Å²) in [6, 6.07) is 20.5. The predicted molar refractivity (Wildman–Crippen MR) is 188 cm³/mol. The van der Waals surface area contributed by atoms with Crippen molar-refractivity contribution >= 4 is 24.3 Å². The van der Waals surface area contributed by atoms with Gasteiger partial charge in [-0.25, -0.2) is 0 Å². The monoisotopic (exact) mass is 598 g/mol. The molecule has 0 radical (unpaired) electrons. The van der Waals surface area contributed by atoms with Gasteiger partial charge in [0.15, 0.2) is 0 Å². The Kier molecular flexibility index (Phi) is 16.7. The van der Waals surface area contributed by atoms with E-state index in [0.29, 0.717) is 13.2 Å². The average Bonchev–Trinajstić information content (AvgIpc) is 3.06. The molecule has 0 atom stereocenters. The molecule has 3 aromatic carbocycles. The van der Waals surface area contributed by atoms with Crippen molar-refractivity contribution in [1.29, 1.82) is 0 Å². The summed E-state index contributed by atoms with van der Waals surface area (Å²) >= 11 is 0. The van der Waals surface area contributed by atoms with Crippen molar-refractivity contribution in [3.8, 4) is 23.0 Å². The Balaban J connectivity index is 1.85. The molecule has 0 aromatic heterocycles. The van der Waals surface area contributed by atoms with Gasteiger partial charge < -0.3 is 18.9 Å². The Hall–Kier alpha value is -3.66. The summed E-state index contributed by atoms with van der Waals surface area (Å²) in [6.07, 6.45) is 23.3. The molecular weight excluding hydrogens is 544 g/mol. The molecule has 0 aliphatic heterocycles. The van der Waals surface area contributed by atoms with Gasteiger partial charge in [-0.1, -0.05) is 127 Å². The Morgan fingerprint density at radius 3 is 1.18 bits per heavy atom. The third-order valence-electron chi connectivity index (χ3n) is 7.80. The van der Waals surface area contributed by atoms with E-state index in [1.807, 2.05) is 24.3 Å². The van der Waals surface area contributed by atoms with Crippen LogP contribution in [0.2, 0.25) is 0 Å². The van der Waals surface area contributed by atoms with Crippen LogP contribution >= 0.6 is 0 Å². The summed E-state index contributed by atoms with van der Waals surface area (Å²) in [7, 11) is 3.38. The number of unbranched alkanes of at least 4 members (excludes halogenated alkanes) is 10. The van der Waals surface area contributed by atoms with Crippen LogP contribution in [0, 0.1) is 0 Å². The first kappa shape index (κ1) is 34.8. The summed E-state index contributed by atoms with van der Waals surface area (Å²) in [6.45, 7) is 5.92. The van der Waals surface area contributed by atoms with E-state index in [9.17, 15) is 0 Å². The van der Waals surface area contributed by atoms with Crippen molar-refractivity contribution in [2.75, 3.05) is 27.4 Å². The summed E-state index contributed by atoms with van der Waals surface area (Å²) < 4.78 is 23.6.